The van der Waals surface area contributed by atoms with Gasteiger partial charge in [0.1, 0.15) is 5.03 Å². The normalized spacial score (nSPS) is 11.0. The minimum Gasteiger partial charge on any atom is -0.301 e. The van der Waals surface area contributed by atoms with Gasteiger partial charge in [-0.3, -0.25) is 4.98 Å². The summed E-state index contributed by atoms with van der Waals surface area (Å²) in [5.41, 5.74) is 1.02. The second-order valence-electron chi connectivity index (χ2n) is 5.32. The molecule has 3 aromatic heterocycles. The van der Waals surface area contributed by atoms with Crippen LogP contribution in [0.3, 0.4) is 0 Å². The first-order chi connectivity index (χ1) is 10.7. The summed E-state index contributed by atoms with van der Waals surface area (Å²) in [5, 5.41) is 10.5. The molecule has 0 N–H and O–H groups in total. The van der Waals surface area contributed by atoms with Crippen molar-refractivity contribution < 1.29 is 0 Å². The van der Waals surface area contributed by atoms with Crippen molar-refractivity contribution in [3.8, 4) is 11.4 Å². The van der Waals surface area contributed by atoms with Crippen molar-refractivity contribution in [2.45, 2.75) is 30.6 Å². The summed E-state index contributed by atoms with van der Waals surface area (Å²) >= 11 is 1.53. The molecule has 0 saturated carbocycles. The molecule has 0 aliphatic heterocycles. The number of hydrogen-bond acceptors (Lipinski definition) is 5. The Balaban J connectivity index is 1.98. The van der Waals surface area contributed by atoms with E-state index in [2.05, 4.69) is 38.6 Å². The molecular formula is C16H17N5S. The Labute approximate surface area is 133 Å². The van der Waals surface area contributed by atoms with Gasteiger partial charge in [-0.25, -0.2) is 4.98 Å². The van der Waals surface area contributed by atoms with E-state index in [0.717, 1.165) is 28.1 Å². The third kappa shape index (κ3) is 3.33. The maximum atomic E-state index is 4.37. The van der Waals surface area contributed by atoms with Gasteiger partial charge in [-0.2, -0.15) is 0 Å². The summed E-state index contributed by atoms with van der Waals surface area (Å²) in [6, 6.07) is 9.77. The topological polar surface area (TPSA) is 56.5 Å². The lowest BCUT2D eigenvalue weighted by atomic mass is 10.2. The summed E-state index contributed by atoms with van der Waals surface area (Å²) in [4.78, 5) is 8.41. The van der Waals surface area contributed by atoms with Crippen LogP contribution in [0, 0.1) is 5.92 Å². The molecule has 0 aliphatic carbocycles. The van der Waals surface area contributed by atoms with E-state index in [4.69, 9.17) is 0 Å². The zero-order chi connectivity index (χ0) is 15.4. The van der Waals surface area contributed by atoms with Crippen LogP contribution in [0.25, 0.3) is 11.4 Å². The molecule has 0 unspecified atom stereocenters. The van der Waals surface area contributed by atoms with E-state index in [-0.39, 0.29) is 0 Å². The molecule has 3 heterocycles. The van der Waals surface area contributed by atoms with Crippen molar-refractivity contribution in [1.29, 1.82) is 0 Å². The van der Waals surface area contributed by atoms with Crippen LogP contribution in [0.1, 0.15) is 13.8 Å². The van der Waals surface area contributed by atoms with Gasteiger partial charge in [0.15, 0.2) is 11.0 Å². The maximum Gasteiger partial charge on any atom is 0.197 e. The highest BCUT2D eigenvalue weighted by Gasteiger charge is 2.16. The lowest BCUT2D eigenvalue weighted by Gasteiger charge is -2.12. The fraction of sp³-hybridized carbons (Fsp3) is 0.250. The van der Waals surface area contributed by atoms with Crippen LogP contribution in [0.15, 0.2) is 59.1 Å². The Morgan fingerprint density at radius 3 is 2.55 bits per heavy atom. The van der Waals surface area contributed by atoms with Crippen molar-refractivity contribution in [2.24, 2.45) is 5.92 Å². The number of aromatic nitrogens is 5. The maximum absolute atomic E-state index is 4.37. The van der Waals surface area contributed by atoms with Crippen LogP contribution >= 0.6 is 11.8 Å². The number of nitrogens with zero attached hydrogens (tertiary/aromatic N) is 5. The second kappa shape index (κ2) is 6.70. The quantitative estimate of drug-likeness (QED) is 0.721. The zero-order valence-corrected chi connectivity index (χ0v) is 13.4. The predicted octanol–water partition coefficient (Wildman–Crippen LogP) is 3.54. The van der Waals surface area contributed by atoms with Crippen LogP contribution in [0.5, 0.6) is 0 Å². The number of pyridine rings is 2. The van der Waals surface area contributed by atoms with Gasteiger partial charge in [0.05, 0.1) is 0 Å². The first-order valence-corrected chi connectivity index (χ1v) is 7.98. The first kappa shape index (κ1) is 14.7. The molecule has 6 heteroatoms. The Hall–Kier alpha value is -2.21. The average molecular weight is 311 g/mol. The molecule has 22 heavy (non-hydrogen) atoms. The van der Waals surface area contributed by atoms with E-state index in [9.17, 15) is 0 Å². The van der Waals surface area contributed by atoms with Crippen molar-refractivity contribution in [1.82, 2.24) is 24.7 Å². The highest BCUT2D eigenvalue weighted by Crippen LogP contribution is 2.28. The van der Waals surface area contributed by atoms with Gasteiger partial charge in [-0.05, 0) is 41.9 Å². The van der Waals surface area contributed by atoms with Gasteiger partial charge in [0.2, 0.25) is 0 Å². The van der Waals surface area contributed by atoms with E-state index in [1.165, 1.54) is 11.8 Å². The van der Waals surface area contributed by atoms with Gasteiger partial charge in [0, 0.05) is 30.7 Å². The summed E-state index contributed by atoms with van der Waals surface area (Å²) in [6.45, 7) is 5.23. The van der Waals surface area contributed by atoms with Gasteiger partial charge in [-0.15, -0.1) is 10.2 Å². The second-order valence-corrected chi connectivity index (χ2v) is 6.30. The molecule has 0 spiro atoms. The molecule has 0 bridgehead atoms. The minimum atomic E-state index is 0.500. The Bertz CT molecular complexity index is 725. The van der Waals surface area contributed by atoms with Crippen molar-refractivity contribution >= 4 is 11.8 Å². The predicted molar refractivity (Wildman–Crippen MR) is 86.5 cm³/mol. The van der Waals surface area contributed by atoms with Crippen LogP contribution in [0.4, 0.5) is 0 Å². The Kier molecular flexibility index (Phi) is 4.48. The Morgan fingerprint density at radius 1 is 1.05 bits per heavy atom. The molecular weight excluding hydrogens is 294 g/mol. The largest absolute Gasteiger partial charge is 0.301 e. The fourth-order valence-electron chi connectivity index (χ4n) is 2.11. The monoisotopic (exact) mass is 311 g/mol. The lowest BCUT2D eigenvalue weighted by Crippen LogP contribution is -2.07. The highest BCUT2D eigenvalue weighted by atomic mass is 32.2. The summed E-state index contributed by atoms with van der Waals surface area (Å²) in [6.07, 6.45) is 5.33. The molecule has 0 amide bonds. The number of rotatable bonds is 5. The average Bonchev–Trinajstić information content (AvgIpc) is 2.91. The van der Waals surface area contributed by atoms with Gasteiger partial charge in [-0.1, -0.05) is 19.9 Å². The molecule has 3 aromatic rings. The van der Waals surface area contributed by atoms with Crippen LogP contribution in [0.2, 0.25) is 0 Å². The van der Waals surface area contributed by atoms with Crippen LogP contribution < -0.4 is 0 Å². The fourth-order valence-corrected chi connectivity index (χ4v) is 2.91. The van der Waals surface area contributed by atoms with Gasteiger partial charge < -0.3 is 4.57 Å². The van der Waals surface area contributed by atoms with Crippen LogP contribution in [-0.4, -0.2) is 24.7 Å². The van der Waals surface area contributed by atoms with Crippen molar-refractivity contribution in [3.05, 3.63) is 48.9 Å². The SMILES string of the molecule is CC(C)Cn1c(Sc2ccccn2)nnc1-c1ccncc1. The van der Waals surface area contributed by atoms with Crippen molar-refractivity contribution in [2.75, 3.05) is 0 Å². The molecule has 0 saturated heterocycles. The lowest BCUT2D eigenvalue weighted by molar-refractivity contribution is 0.498. The highest BCUT2D eigenvalue weighted by molar-refractivity contribution is 7.99. The van der Waals surface area contributed by atoms with Gasteiger partial charge in [0.25, 0.3) is 0 Å². The molecule has 0 fully saturated rings. The standard InChI is InChI=1S/C16H17N5S/c1-12(2)11-21-15(13-6-9-17-10-7-13)19-20-16(21)22-14-5-3-4-8-18-14/h3-10,12H,11H2,1-2H3. The molecule has 0 aromatic carbocycles. The van der Waals surface area contributed by atoms with Gasteiger partial charge >= 0.3 is 0 Å². The molecule has 3 rings (SSSR count). The molecule has 0 aliphatic rings. The third-order valence-electron chi connectivity index (χ3n) is 3.04. The van der Waals surface area contributed by atoms with E-state index < -0.39 is 0 Å². The summed E-state index contributed by atoms with van der Waals surface area (Å²) in [5.74, 6) is 1.37. The molecule has 0 radical (unpaired) electrons. The van der Waals surface area contributed by atoms with E-state index in [1.54, 1.807) is 18.6 Å². The van der Waals surface area contributed by atoms with Crippen molar-refractivity contribution in [3.63, 3.8) is 0 Å². The van der Waals surface area contributed by atoms with E-state index >= 15 is 0 Å². The molecule has 112 valence electrons. The third-order valence-corrected chi connectivity index (χ3v) is 3.97. The number of hydrogen-bond donors (Lipinski definition) is 0. The minimum absolute atomic E-state index is 0.500. The summed E-state index contributed by atoms with van der Waals surface area (Å²) < 4.78 is 2.15. The Morgan fingerprint density at radius 2 is 1.86 bits per heavy atom. The summed E-state index contributed by atoms with van der Waals surface area (Å²) in [7, 11) is 0. The smallest absolute Gasteiger partial charge is 0.197 e. The first-order valence-electron chi connectivity index (χ1n) is 7.16. The molecule has 0 atom stereocenters. The van der Waals surface area contributed by atoms with Crippen LogP contribution in [-0.2, 0) is 6.54 Å². The molecule has 5 nitrogen and oxygen atoms in total. The zero-order valence-electron chi connectivity index (χ0n) is 12.5. The van der Waals surface area contributed by atoms with E-state index in [1.807, 2.05) is 30.3 Å². The van der Waals surface area contributed by atoms with E-state index in [0.29, 0.717) is 5.92 Å².